The molecule has 0 saturated carbocycles. The number of aliphatic carboxylic acids is 1. The van der Waals surface area contributed by atoms with E-state index in [4.69, 9.17) is 40.4 Å². The van der Waals surface area contributed by atoms with Crippen molar-refractivity contribution >= 4 is 58.9 Å². The molecule has 54 heavy (non-hydrogen) atoms. The topological polar surface area (TPSA) is 194 Å². The summed E-state index contributed by atoms with van der Waals surface area (Å²) in [6.45, 7) is 6.85. The van der Waals surface area contributed by atoms with Gasteiger partial charge in [-0.3, -0.25) is 19.7 Å². The fraction of sp³-hybridized carbons (Fsp3) is 0.595. The number of carboxylic acids is 1. The van der Waals surface area contributed by atoms with Gasteiger partial charge in [-0.15, -0.1) is 11.8 Å². The first kappa shape index (κ1) is 42.9. The van der Waals surface area contributed by atoms with Crippen LogP contribution in [0.15, 0.2) is 35.9 Å². The molecular formula is C37H50ClN3O12S. The molecule has 298 valence electrons. The third-order valence-corrected chi connectivity index (χ3v) is 11.5. The number of epoxide rings is 1. The van der Waals surface area contributed by atoms with Crippen LogP contribution in [0.3, 0.4) is 0 Å². The van der Waals surface area contributed by atoms with Gasteiger partial charge in [0.05, 0.1) is 31.1 Å². The zero-order valence-corrected chi connectivity index (χ0v) is 33.3. The molecule has 0 aliphatic carbocycles. The number of anilines is 1. The minimum absolute atomic E-state index is 0.00116. The van der Waals surface area contributed by atoms with Crippen molar-refractivity contribution in [3.63, 3.8) is 0 Å². The number of rotatable bonds is 10. The van der Waals surface area contributed by atoms with Crippen LogP contribution in [0.2, 0.25) is 5.02 Å². The van der Waals surface area contributed by atoms with Crippen LogP contribution in [0, 0.1) is 5.92 Å². The van der Waals surface area contributed by atoms with Crippen molar-refractivity contribution in [1.29, 1.82) is 0 Å². The number of hydrogen-bond donors (Lipinski definition) is 3. The van der Waals surface area contributed by atoms with Crippen LogP contribution in [0.25, 0.3) is 0 Å². The molecule has 0 unspecified atom stereocenters. The summed E-state index contributed by atoms with van der Waals surface area (Å²) in [6, 6.07) is 2.47. The number of nitrogens with zero attached hydrogens (tertiary/aromatic N) is 2. The van der Waals surface area contributed by atoms with E-state index in [-0.39, 0.29) is 35.8 Å². The first-order chi connectivity index (χ1) is 25.3. The molecule has 17 heteroatoms. The lowest BCUT2D eigenvalue weighted by Crippen LogP contribution is -2.63. The van der Waals surface area contributed by atoms with E-state index in [9.17, 15) is 29.1 Å². The molecule has 4 rings (SSSR count). The minimum atomic E-state index is -1.85. The van der Waals surface area contributed by atoms with Crippen LogP contribution in [-0.2, 0) is 44.5 Å². The fourth-order valence-corrected chi connectivity index (χ4v) is 7.66. The maximum atomic E-state index is 14.1. The summed E-state index contributed by atoms with van der Waals surface area (Å²) in [5.74, 6) is -2.79. The number of allylic oxidation sites excluding steroid dienone is 3. The van der Waals surface area contributed by atoms with Crippen molar-refractivity contribution in [2.24, 2.45) is 5.92 Å². The zero-order valence-electron chi connectivity index (χ0n) is 31.8. The lowest BCUT2D eigenvalue weighted by atomic mass is 9.83. The van der Waals surface area contributed by atoms with Crippen LogP contribution in [0.1, 0.15) is 52.5 Å². The number of halogens is 1. The number of esters is 1. The Kier molecular flexibility index (Phi) is 14.1. The number of likely N-dealkylation sites (N-methyl/N-ethyl adjacent to an activating group) is 1. The van der Waals surface area contributed by atoms with Crippen molar-refractivity contribution in [2.75, 3.05) is 44.7 Å². The maximum Gasteiger partial charge on any atom is 0.409 e. The number of methoxy groups -OCH3 is 2. The third-order valence-electron chi connectivity index (χ3n) is 10.2. The molecule has 15 nitrogen and oxygen atoms in total. The Morgan fingerprint density at radius 1 is 1.24 bits per heavy atom. The van der Waals surface area contributed by atoms with E-state index in [1.165, 1.54) is 38.0 Å². The van der Waals surface area contributed by atoms with Crippen molar-refractivity contribution in [3.05, 3.63) is 46.5 Å². The summed E-state index contributed by atoms with van der Waals surface area (Å²) >= 11 is 7.82. The van der Waals surface area contributed by atoms with Crippen LogP contribution < -0.4 is 15.0 Å². The molecule has 4 bridgehead atoms. The quantitative estimate of drug-likeness (QED) is 0.176. The highest BCUT2D eigenvalue weighted by molar-refractivity contribution is 7.99. The largest absolute Gasteiger partial charge is 0.495 e. The maximum absolute atomic E-state index is 14.1. The van der Waals surface area contributed by atoms with Crippen LogP contribution in [0.4, 0.5) is 10.5 Å². The number of nitrogens with one attached hydrogen (secondary N) is 1. The molecule has 8 atom stereocenters. The van der Waals surface area contributed by atoms with E-state index in [1.807, 2.05) is 13.0 Å². The molecule has 3 N–H and O–H groups in total. The molecule has 2 saturated heterocycles. The highest BCUT2D eigenvalue weighted by Gasteiger charge is 2.64. The predicted molar refractivity (Wildman–Crippen MR) is 201 cm³/mol. The van der Waals surface area contributed by atoms with Gasteiger partial charge < -0.3 is 43.7 Å². The normalized spacial score (nSPS) is 30.7. The van der Waals surface area contributed by atoms with Crippen molar-refractivity contribution in [2.45, 2.75) is 95.2 Å². The summed E-state index contributed by atoms with van der Waals surface area (Å²) in [6.07, 6.45) is 0.627. The predicted octanol–water partition coefficient (Wildman–Crippen LogP) is 3.72. The SMILES string of the molecule is COc1cc2cc(c1Cl)N(C)C(=O)C[C@H](OC(=O)[C@H](C)N(C)C(=O)CCSCC(=O)O)[C@]1(C)O[C@H]1[C@H](C)[C@@H]1C[C@@](O)(NC(=O)O1)[C@H](OC)/C=C/C=C(\C)C2. The number of benzene rings is 1. The first-order valence-corrected chi connectivity index (χ1v) is 19.0. The van der Waals surface area contributed by atoms with Crippen LogP contribution >= 0.6 is 23.4 Å². The summed E-state index contributed by atoms with van der Waals surface area (Å²) in [4.78, 5) is 67.0. The average Bonchev–Trinajstić information content (AvgIpc) is 3.81. The van der Waals surface area contributed by atoms with E-state index in [2.05, 4.69) is 5.32 Å². The van der Waals surface area contributed by atoms with Crippen molar-refractivity contribution in [1.82, 2.24) is 10.2 Å². The molecule has 2 fully saturated rings. The molecule has 3 aliphatic rings. The Morgan fingerprint density at radius 3 is 2.59 bits per heavy atom. The van der Waals surface area contributed by atoms with E-state index in [0.717, 1.165) is 22.9 Å². The van der Waals surface area contributed by atoms with E-state index >= 15 is 0 Å². The molecule has 3 amide bonds. The smallest absolute Gasteiger partial charge is 0.409 e. The molecular weight excluding hydrogens is 746 g/mol. The van der Waals surface area contributed by atoms with Gasteiger partial charge >= 0.3 is 18.0 Å². The number of ether oxygens (including phenoxy) is 5. The molecule has 3 heterocycles. The Labute approximate surface area is 324 Å². The average molecular weight is 796 g/mol. The van der Waals surface area contributed by atoms with Gasteiger partial charge in [0.25, 0.3) is 0 Å². The Morgan fingerprint density at radius 2 is 1.94 bits per heavy atom. The molecule has 0 radical (unpaired) electrons. The van der Waals surface area contributed by atoms with Gasteiger partial charge in [0, 0.05) is 45.7 Å². The Balaban J connectivity index is 1.71. The monoisotopic (exact) mass is 795 g/mol. The molecule has 0 aromatic heterocycles. The molecule has 1 aromatic carbocycles. The van der Waals surface area contributed by atoms with Crippen LogP contribution in [0.5, 0.6) is 5.75 Å². The van der Waals surface area contributed by atoms with Crippen molar-refractivity contribution in [3.8, 4) is 5.75 Å². The second-order valence-corrected chi connectivity index (χ2v) is 15.6. The lowest BCUT2D eigenvalue weighted by molar-refractivity contribution is -0.162. The highest BCUT2D eigenvalue weighted by atomic mass is 35.5. The van der Waals surface area contributed by atoms with Gasteiger partial charge in [-0.25, -0.2) is 9.59 Å². The standard InChI is InChI=1S/C37H50ClN3O12S/c1-20-10-9-11-27(50-8)37(48)18-26(51-35(47)39-37)21(2)33-36(4,53-33)28(52-34(46)22(3)40(5)29(42)12-13-54-19-31(44)45)17-30(43)41(6)24-15-23(14-20)16-25(49-7)32(24)38/h9-11,15-16,21-22,26-28,33,48H,12-14,17-19H2,1-8H3,(H,39,47)(H,44,45)/b11-9+,20-10+/t21-,22+,26+,27-,28+,33+,36+,37+/m1/s1. The number of hydrogen-bond acceptors (Lipinski definition) is 12. The number of carbonyl (C=O) groups is 5. The van der Waals surface area contributed by atoms with E-state index in [1.54, 1.807) is 45.2 Å². The third kappa shape index (κ3) is 9.88. The van der Waals surface area contributed by atoms with Gasteiger partial charge in [0.2, 0.25) is 11.8 Å². The lowest BCUT2D eigenvalue weighted by Gasteiger charge is -2.42. The number of fused-ring (bicyclic) bond motifs is 5. The Bertz CT molecular complexity index is 1670. The van der Waals surface area contributed by atoms with E-state index in [0.29, 0.717) is 17.9 Å². The number of amides is 3. The van der Waals surface area contributed by atoms with Gasteiger partial charge in [-0.05, 0) is 44.9 Å². The van der Waals surface area contributed by atoms with Gasteiger partial charge in [-0.1, -0.05) is 42.3 Å². The van der Waals surface area contributed by atoms with Crippen LogP contribution in [-0.4, -0.2) is 127 Å². The summed E-state index contributed by atoms with van der Waals surface area (Å²) in [5, 5.41) is 23.3. The number of carbonyl (C=O) groups excluding carboxylic acids is 4. The number of carboxylic acid groups (broad SMARTS) is 1. The minimum Gasteiger partial charge on any atom is -0.495 e. The Hall–Kier alpha value is -3.83. The second kappa shape index (κ2) is 17.8. The molecule has 3 aliphatic heterocycles. The summed E-state index contributed by atoms with van der Waals surface area (Å²) in [7, 11) is 5.87. The first-order valence-electron chi connectivity index (χ1n) is 17.5. The van der Waals surface area contributed by atoms with E-state index < -0.39 is 77.5 Å². The summed E-state index contributed by atoms with van der Waals surface area (Å²) in [5.41, 5.74) is -1.06. The van der Waals surface area contributed by atoms with Gasteiger partial charge in [0.15, 0.2) is 5.72 Å². The van der Waals surface area contributed by atoms with Gasteiger partial charge in [0.1, 0.15) is 40.7 Å². The second-order valence-electron chi connectivity index (χ2n) is 14.1. The molecule has 1 aromatic rings. The summed E-state index contributed by atoms with van der Waals surface area (Å²) < 4.78 is 29.1. The number of aliphatic hydroxyl groups is 1. The highest BCUT2D eigenvalue weighted by Crippen LogP contribution is 2.49. The van der Waals surface area contributed by atoms with Crippen molar-refractivity contribution < 1.29 is 57.9 Å². The van der Waals surface area contributed by atoms with Gasteiger partial charge in [-0.2, -0.15) is 0 Å². The number of alkyl carbamates (subject to hydrolysis) is 1. The fourth-order valence-electron chi connectivity index (χ4n) is 6.71. The number of thioether (sulfide) groups is 1. The zero-order chi connectivity index (χ0) is 40.1. The molecule has 0 spiro atoms.